The second-order valence-corrected chi connectivity index (χ2v) is 4.44. The second-order valence-electron chi connectivity index (χ2n) is 4.44. The van der Waals surface area contributed by atoms with Crippen LogP contribution in [0.5, 0.6) is 11.5 Å². The highest BCUT2D eigenvalue weighted by Crippen LogP contribution is 2.33. The van der Waals surface area contributed by atoms with Gasteiger partial charge >= 0.3 is 0 Å². The molecule has 22 heavy (non-hydrogen) atoms. The van der Waals surface area contributed by atoms with Crippen molar-refractivity contribution in [2.24, 2.45) is 0 Å². The molecule has 0 heterocycles. The molecule has 0 spiro atoms. The van der Waals surface area contributed by atoms with Gasteiger partial charge in [0.05, 0.1) is 7.11 Å². The van der Waals surface area contributed by atoms with E-state index in [1.807, 2.05) is 36.4 Å². The maximum absolute atomic E-state index is 5.60. The molecule has 114 valence electrons. The molecule has 0 N–H and O–H groups in total. The predicted octanol–water partition coefficient (Wildman–Crippen LogP) is 3.59. The van der Waals surface area contributed by atoms with E-state index in [2.05, 4.69) is 24.3 Å². The van der Waals surface area contributed by atoms with Crippen LogP contribution in [0.3, 0.4) is 0 Å². The maximum Gasteiger partial charge on any atom is 0.192 e. The summed E-state index contributed by atoms with van der Waals surface area (Å²) < 4.78 is 6.69. The van der Waals surface area contributed by atoms with E-state index in [4.69, 9.17) is 9.57 Å². The van der Waals surface area contributed by atoms with Gasteiger partial charge in [0.1, 0.15) is 19.5 Å². The highest BCUT2D eigenvalue weighted by atomic mass is 16.7. The third-order valence-corrected chi connectivity index (χ3v) is 2.65. The molecular formula is C16H18N4O2. The van der Waals surface area contributed by atoms with Crippen LogP contribution in [-0.2, 0) is 0 Å². The van der Waals surface area contributed by atoms with Gasteiger partial charge in [0.2, 0.25) is 0 Å². The first-order chi connectivity index (χ1) is 10.6. The Hall–Kier alpha value is -3.02. The standard InChI is InChI=1S/C16H18N4O2/c1-19(2)17-14-10-6-8-12-16(14)22-20(3)18-13-9-5-7-11-15(13)21-4/h5-12H,1,3H2,2,4H3. The third-order valence-electron chi connectivity index (χ3n) is 2.65. The number of para-hydroxylation sites is 2. The van der Waals surface area contributed by atoms with Crippen LogP contribution >= 0.6 is 0 Å². The van der Waals surface area contributed by atoms with Gasteiger partial charge in [-0.2, -0.15) is 0 Å². The summed E-state index contributed by atoms with van der Waals surface area (Å²) in [5, 5.41) is 0. The zero-order valence-electron chi connectivity index (χ0n) is 12.6. The molecule has 0 aromatic heterocycles. The number of hydrogen-bond donors (Lipinski definition) is 0. The normalized spacial score (nSPS) is 9.73. The van der Waals surface area contributed by atoms with Crippen LogP contribution < -0.4 is 9.57 Å². The van der Waals surface area contributed by atoms with E-state index < -0.39 is 0 Å². The van der Waals surface area contributed by atoms with Gasteiger partial charge in [-0.15, -0.1) is 0 Å². The van der Waals surface area contributed by atoms with Gasteiger partial charge in [-0.05, 0) is 23.5 Å². The van der Waals surface area contributed by atoms with E-state index in [-0.39, 0.29) is 0 Å². The molecule has 0 radical (unpaired) electrons. The van der Waals surface area contributed by atoms with E-state index in [1.165, 1.54) is 4.68 Å². The van der Waals surface area contributed by atoms with Crippen molar-refractivity contribution < 1.29 is 19.1 Å². The van der Waals surface area contributed by atoms with Crippen LogP contribution in [-0.4, -0.2) is 37.1 Å². The van der Waals surface area contributed by atoms with E-state index in [9.17, 15) is 0 Å². The van der Waals surface area contributed by atoms with Crippen LogP contribution in [0.1, 0.15) is 0 Å². The Morgan fingerprint density at radius 2 is 1.41 bits per heavy atom. The van der Waals surface area contributed by atoms with Gasteiger partial charge in [0.15, 0.2) is 12.5 Å². The lowest BCUT2D eigenvalue weighted by Crippen LogP contribution is -2.08. The lowest BCUT2D eigenvalue weighted by atomic mass is 10.3. The highest BCUT2D eigenvalue weighted by Gasteiger charge is 2.03. The Bertz CT molecular complexity index is 685. The summed E-state index contributed by atoms with van der Waals surface area (Å²) in [7, 11) is 3.32. The van der Waals surface area contributed by atoms with Crippen LogP contribution in [0.2, 0.25) is 0 Å². The van der Waals surface area contributed by atoms with Gasteiger partial charge < -0.3 is 15.6 Å². The number of methoxy groups -OCH3 is 1. The van der Waals surface area contributed by atoms with Crippen molar-refractivity contribution >= 4 is 24.8 Å². The molecule has 0 fully saturated rings. The predicted molar refractivity (Wildman–Crippen MR) is 86.8 cm³/mol. The van der Waals surface area contributed by atoms with Gasteiger partial charge in [0.25, 0.3) is 0 Å². The Kier molecular flexibility index (Phi) is 4.98. The lowest BCUT2D eigenvalue weighted by Gasteiger charge is -2.20. The summed E-state index contributed by atoms with van der Waals surface area (Å²) in [4.78, 5) is 6.72. The summed E-state index contributed by atoms with van der Waals surface area (Å²) >= 11 is 0. The van der Waals surface area contributed by atoms with Crippen molar-refractivity contribution in [3.8, 4) is 11.5 Å². The number of rotatable bonds is 7. The third kappa shape index (κ3) is 3.99. The summed E-state index contributed by atoms with van der Waals surface area (Å²) in [6.45, 7) is 7.43. The second kappa shape index (κ2) is 7.12. The average Bonchev–Trinajstić information content (AvgIpc) is 2.49. The van der Waals surface area contributed by atoms with Gasteiger partial charge in [0, 0.05) is 0 Å². The summed E-state index contributed by atoms with van der Waals surface area (Å²) in [6.07, 6.45) is 0. The van der Waals surface area contributed by atoms with E-state index in [0.717, 1.165) is 4.85 Å². The summed E-state index contributed by atoms with van der Waals surface area (Å²) in [5.74, 6) is 1.15. The van der Waals surface area contributed by atoms with Crippen molar-refractivity contribution in [3.05, 3.63) is 59.4 Å². The molecule has 0 saturated carbocycles. The monoisotopic (exact) mass is 298 g/mol. The largest absolute Gasteiger partial charge is 0.498 e. The quantitative estimate of drug-likeness (QED) is 0.445. The van der Waals surface area contributed by atoms with Crippen LogP contribution in [0, 0.1) is 0 Å². The van der Waals surface area contributed by atoms with Crippen molar-refractivity contribution in [3.63, 3.8) is 0 Å². The minimum Gasteiger partial charge on any atom is -0.498 e. The molecule has 6 nitrogen and oxygen atoms in total. The molecule has 2 aromatic rings. The minimum absolute atomic E-state index is 0.520. The summed E-state index contributed by atoms with van der Waals surface area (Å²) in [6, 6.07) is 14.6. The lowest BCUT2D eigenvalue weighted by molar-refractivity contribution is -0.697. The smallest absolute Gasteiger partial charge is 0.192 e. The van der Waals surface area contributed by atoms with Crippen molar-refractivity contribution in [1.29, 1.82) is 0 Å². The Balaban J connectivity index is 2.11. The minimum atomic E-state index is 0.520. The maximum atomic E-state index is 5.60. The molecule has 6 heteroatoms. The summed E-state index contributed by atoms with van der Waals surface area (Å²) in [5.41, 5.74) is 9.72. The fraction of sp³-hybridized carbons (Fsp3) is 0.125. The molecule has 0 saturated heterocycles. The molecule has 0 amide bonds. The highest BCUT2D eigenvalue weighted by molar-refractivity contribution is 5.59. The zero-order chi connectivity index (χ0) is 15.9. The molecule has 0 aliphatic rings. The topological polar surface area (TPSA) is 52.7 Å². The van der Waals surface area contributed by atoms with E-state index >= 15 is 0 Å². The first-order valence-corrected chi connectivity index (χ1v) is 6.58. The molecule has 2 aromatic carbocycles. The molecule has 0 bridgehead atoms. The number of hydrogen-bond acceptors (Lipinski definition) is 2. The first-order valence-electron chi connectivity index (χ1n) is 6.58. The Morgan fingerprint density at radius 1 is 0.864 bits per heavy atom. The molecule has 0 unspecified atom stereocenters. The van der Waals surface area contributed by atoms with E-state index in [1.54, 1.807) is 26.3 Å². The van der Waals surface area contributed by atoms with Crippen molar-refractivity contribution in [2.45, 2.75) is 0 Å². The van der Waals surface area contributed by atoms with E-state index in [0.29, 0.717) is 22.9 Å². The Morgan fingerprint density at radius 3 is 2.00 bits per heavy atom. The molecular weight excluding hydrogens is 280 g/mol. The molecule has 2 rings (SSSR count). The van der Waals surface area contributed by atoms with Crippen LogP contribution in [0.25, 0.3) is 10.9 Å². The number of nitrogens with zero attached hydrogens (tertiary/aromatic N) is 4. The zero-order valence-corrected chi connectivity index (χ0v) is 12.6. The molecule has 0 aliphatic heterocycles. The first kappa shape index (κ1) is 15.4. The fourth-order valence-corrected chi connectivity index (χ4v) is 1.77. The van der Waals surface area contributed by atoms with Crippen LogP contribution in [0.4, 0.5) is 11.4 Å². The Labute approximate surface area is 129 Å². The van der Waals surface area contributed by atoms with Gasteiger partial charge in [-0.3, -0.25) is 4.68 Å². The van der Waals surface area contributed by atoms with Crippen molar-refractivity contribution in [2.75, 3.05) is 14.2 Å². The average molecular weight is 298 g/mol. The molecule has 0 atom stereocenters. The molecule has 0 aliphatic carbocycles. The van der Waals surface area contributed by atoms with Crippen molar-refractivity contribution in [1.82, 2.24) is 0 Å². The van der Waals surface area contributed by atoms with Gasteiger partial charge in [-0.25, -0.2) is 4.84 Å². The SMILES string of the molecule is C=[N+](C)[N-]c1ccccc1O[N+](=C)[N-]c1ccccc1OC. The number of benzene rings is 2. The number of ether oxygens (including phenoxy) is 1. The fourth-order valence-electron chi connectivity index (χ4n) is 1.77. The van der Waals surface area contributed by atoms with Crippen LogP contribution in [0.15, 0.2) is 48.5 Å². The van der Waals surface area contributed by atoms with Gasteiger partial charge in [-0.1, -0.05) is 41.2 Å².